The minimum Gasteiger partial charge on any atom is -0.450 e. The van der Waals surface area contributed by atoms with Crippen LogP contribution in [0.15, 0.2) is 0 Å². The van der Waals surface area contributed by atoms with Crippen molar-refractivity contribution in [2.45, 2.75) is 51.1 Å². The van der Waals surface area contributed by atoms with Gasteiger partial charge in [0, 0.05) is 25.2 Å². The molecule has 1 saturated carbocycles. The largest absolute Gasteiger partial charge is 0.450 e. The van der Waals surface area contributed by atoms with Crippen molar-refractivity contribution >= 4 is 6.09 Å². The molecule has 0 aromatic carbocycles. The van der Waals surface area contributed by atoms with Crippen LogP contribution in [0, 0.1) is 17.2 Å². The summed E-state index contributed by atoms with van der Waals surface area (Å²) >= 11 is 0. The predicted molar refractivity (Wildman–Crippen MR) is 71.5 cm³/mol. The van der Waals surface area contributed by atoms with E-state index < -0.39 is 0 Å². The van der Waals surface area contributed by atoms with E-state index in [0.29, 0.717) is 18.7 Å². The number of carbonyl (C=O) groups excluding carboxylic acids is 1. The minimum absolute atomic E-state index is 0.170. The third-order valence-electron chi connectivity index (χ3n) is 4.15. The summed E-state index contributed by atoms with van der Waals surface area (Å²) in [5, 5.41) is 12.7. The van der Waals surface area contributed by atoms with Crippen LogP contribution in [0.5, 0.6) is 0 Å². The van der Waals surface area contributed by atoms with Crippen LogP contribution in [0.2, 0.25) is 0 Å². The number of rotatable bonds is 3. The number of hydrogen-bond donors (Lipinski definition) is 1. The summed E-state index contributed by atoms with van der Waals surface area (Å²) in [6.07, 6.45) is 4.99. The van der Waals surface area contributed by atoms with Gasteiger partial charge in [0.2, 0.25) is 0 Å². The van der Waals surface area contributed by atoms with Crippen molar-refractivity contribution in [3.63, 3.8) is 0 Å². The molecule has 1 amide bonds. The van der Waals surface area contributed by atoms with Crippen molar-refractivity contribution in [1.82, 2.24) is 10.2 Å². The molecule has 1 aliphatic carbocycles. The predicted octanol–water partition coefficient (Wildman–Crippen LogP) is 1.89. The summed E-state index contributed by atoms with van der Waals surface area (Å²) in [5.41, 5.74) is 0. The maximum absolute atomic E-state index is 11.6. The minimum atomic E-state index is -0.197. The fourth-order valence-electron chi connectivity index (χ4n) is 3.06. The van der Waals surface area contributed by atoms with Crippen LogP contribution in [0.1, 0.15) is 39.0 Å². The van der Waals surface area contributed by atoms with Gasteiger partial charge in [-0.2, -0.15) is 5.26 Å². The van der Waals surface area contributed by atoms with Gasteiger partial charge in [-0.05, 0) is 32.6 Å². The first kappa shape index (κ1) is 14.1. The second kappa shape index (κ2) is 6.76. The van der Waals surface area contributed by atoms with Crippen molar-refractivity contribution < 1.29 is 9.53 Å². The Balaban J connectivity index is 1.74. The van der Waals surface area contributed by atoms with Crippen LogP contribution in [0.4, 0.5) is 4.79 Å². The van der Waals surface area contributed by atoms with Crippen molar-refractivity contribution in [2.75, 3.05) is 19.7 Å². The van der Waals surface area contributed by atoms with Crippen molar-refractivity contribution in [1.29, 1.82) is 5.26 Å². The number of carbonyl (C=O) groups is 1. The number of amides is 1. The second-order valence-electron chi connectivity index (χ2n) is 5.40. The van der Waals surface area contributed by atoms with Crippen molar-refractivity contribution in [3.05, 3.63) is 0 Å². The highest BCUT2D eigenvalue weighted by molar-refractivity contribution is 5.67. The molecule has 0 radical (unpaired) electrons. The summed E-state index contributed by atoms with van der Waals surface area (Å²) in [5.74, 6) is 0.170. The lowest BCUT2D eigenvalue weighted by Gasteiger charge is -2.33. The average Bonchev–Trinajstić information content (AvgIpc) is 2.87. The number of piperidine rings is 1. The molecule has 19 heavy (non-hydrogen) atoms. The van der Waals surface area contributed by atoms with E-state index in [1.807, 2.05) is 6.92 Å². The van der Waals surface area contributed by atoms with Crippen LogP contribution in [-0.2, 0) is 4.74 Å². The Kier molecular flexibility index (Phi) is 5.03. The molecule has 5 heteroatoms. The second-order valence-corrected chi connectivity index (χ2v) is 5.40. The Bertz CT molecular complexity index is 345. The molecule has 0 aromatic heterocycles. The molecule has 1 heterocycles. The highest BCUT2D eigenvalue weighted by Crippen LogP contribution is 2.26. The van der Waals surface area contributed by atoms with Crippen molar-refractivity contribution in [2.24, 2.45) is 5.92 Å². The van der Waals surface area contributed by atoms with E-state index in [-0.39, 0.29) is 12.0 Å². The maximum Gasteiger partial charge on any atom is 0.409 e. The van der Waals surface area contributed by atoms with Crippen LogP contribution < -0.4 is 5.32 Å². The monoisotopic (exact) mass is 265 g/mol. The number of nitrogens with one attached hydrogen (secondary N) is 1. The highest BCUT2D eigenvalue weighted by atomic mass is 16.6. The molecule has 5 nitrogen and oxygen atoms in total. The van der Waals surface area contributed by atoms with Crippen LogP contribution in [0.3, 0.4) is 0 Å². The number of hydrogen-bond acceptors (Lipinski definition) is 4. The smallest absolute Gasteiger partial charge is 0.409 e. The topological polar surface area (TPSA) is 65.4 Å². The van der Waals surface area contributed by atoms with Gasteiger partial charge < -0.3 is 15.0 Å². The van der Waals surface area contributed by atoms with E-state index in [1.54, 1.807) is 4.90 Å². The molecule has 2 unspecified atom stereocenters. The lowest BCUT2D eigenvalue weighted by molar-refractivity contribution is 0.0939. The molecule has 106 valence electrons. The molecular weight excluding hydrogens is 242 g/mol. The Morgan fingerprint density at radius 1 is 1.37 bits per heavy atom. The first-order valence-corrected chi connectivity index (χ1v) is 7.32. The molecular formula is C14H23N3O2. The lowest BCUT2D eigenvalue weighted by Crippen LogP contribution is -2.48. The zero-order valence-corrected chi connectivity index (χ0v) is 11.6. The lowest BCUT2D eigenvalue weighted by atomic mass is 10.0. The van der Waals surface area contributed by atoms with Crippen LogP contribution >= 0.6 is 0 Å². The normalized spacial score (nSPS) is 28.1. The fraction of sp³-hybridized carbons (Fsp3) is 0.857. The van der Waals surface area contributed by atoms with Crippen LogP contribution in [-0.4, -0.2) is 42.8 Å². The molecule has 1 aliphatic heterocycles. The SMILES string of the molecule is CCOC(=O)N1CCC(NC2CCCC2C#N)CC1. The average molecular weight is 265 g/mol. The first-order valence-electron chi connectivity index (χ1n) is 7.32. The molecule has 0 aromatic rings. The number of likely N-dealkylation sites (tertiary alicyclic amines) is 1. The van der Waals surface area contributed by atoms with Gasteiger partial charge in [-0.1, -0.05) is 6.42 Å². The van der Waals surface area contributed by atoms with E-state index in [4.69, 9.17) is 10.00 Å². The fourth-order valence-corrected chi connectivity index (χ4v) is 3.06. The molecule has 0 bridgehead atoms. The summed E-state index contributed by atoms with van der Waals surface area (Å²) in [4.78, 5) is 13.4. The number of nitriles is 1. The molecule has 2 fully saturated rings. The third-order valence-corrected chi connectivity index (χ3v) is 4.15. The Morgan fingerprint density at radius 2 is 2.11 bits per heavy atom. The molecule has 1 N–H and O–H groups in total. The molecule has 2 rings (SSSR count). The van der Waals surface area contributed by atoms with Gasteiger partial charge in [0.05, 0.1) is 18.6 Å². The van der Waals surface area contributed by atoms with Crippen LogP contribution in [0.25, 0.3) is 0 Å². The summed E-state index contributed by atoms with van der Waals surface area (Å²) < 4.78 is 5.01. The number of ether oxygens (including phenoxy) is 1. The quantitative estimate of drug-likeness (QED) is 0.846. The Morgan fingerprint density at radius 3 is 2.74 bits per heavy atom. The van der Waals surface area contributed by atoms with E-state index >= 15 is 0 Å². The standard InChI is InChI=1S/C14H23N3O2/c1-2-19-14(18)17-8-6-12(7-9-17)16-13-5-3-4-11(13)10-15/h11-13,16H,2-9H2,1H3. The summed E-state index contributed by atoms with van der Waals surface area (Å²) in [6, 6.07) is 3.19. The molecule has 1 saturated heterocycles. The van der Waals surface area contributed by atoms with E-state index in [2.05, 4.69) is 11.4 Å². The molecule has 0 spiro atoms. The van der Waals surface area contributed by atoms with E-state index in [0.717, 1.165) is 45.2 Å². The van der Waals surface area contributed by atoms with E-state index in [1.165, 1.54) is 0 Å². The summed E-state index contributed by atoms with van der Waals surface area (Å²) in [6.45, 7) is 3.76. The zero-order valence-electron chi connectivity index (χ0n) is 11.6. The van der Waals surface area contributed by atoms with E-state index in [9.17, 15) is 4.79 Å². The first-order chi connectivity index (χ1) is 9.24. The van der Waals surface area contributed by atoms with Gasteiger partial charge >= 0.3 is 6.09 Å². The number of nitrogens with zero attached hydrogens (tertiary/aromatic N) is 2. The third kappa shape index (κ3) is 3.60. The highest BCUT2D eigenvalue weighted by Gasteiger charge is 2.31. The van der Waals surface area contributed by atoms with Crippen molar-refractivity contribution in [3.8, 4) is 6.07 Å². The Labute approximate surface area is 114 Å². The summed E-state index contributed by atoms with van der Waals surface area (Å²) in [7, 11) is 0. The zero-order chi connectivity index (χ0) is 13.7. The van der Waals surface area contributed by atoms with Gasteiger partial charge in [0.15, 0.2) is 0 Å². The van der Waals surface area contributed by atoms with Gasteiger partial charge in [0.1, 0.15) is 0 Å². The van der Waals surface area contributed by atoms with Gasteiger partial charge in [0.25, 0.3) is 0 Å². The van der Waals surface area contributed by atoms with Gasteiger partial charge in [-0.25, -0.2) is 4.79 Å². The molecule has 2 aliphatic rings. The van der Waals surface area contributed by atoms with Gasteiger partial charge in [-0.15, -0.1) is 0 Å². The maximum atomic E-state index is 11.6. The van der Waals surface area contributed by atoms with Gasteiger partial charge in [-0.3, -0.25) is 0 Å². The Hall–Kier alpha value is -1.28. The molecule has 2 atom stereocenters.